The molecule has 31 heavy (non-hydrogen) atoms. The molecule has 3 rings (SSSR count). The van der Waals surface area contributed by atoms with E-state index >= 15 is 0 Å². The van der Waals surface area contributed by atoms with E-state index in [1.807, 2.05) is 0 Å². The molecule has 1 aliphatic rings. The van der Waals surface area contributed by atoms with E-state index in [-0.39, 0.29) is 17.2 Å². The highest BCUT2D eigenvalue weighted by Crippen LogP contribution is 2.32. The molecule has 0 spiro atoms. The summed E-state index contributed by atoms with van der Waals surface area (Å²) in [7, 11) is -4.04. The molecular formula is C20H22N2O8S. The van der Waals surface area contributed by atoms with Crippen LogP contribution in [-0.4, -0.2) is 38.6 Å². The van der Waals surface area contributed by atoms with Crippen molar-refractivity contribution < 1.29 is 32.3 Å². The molecule has 0 radical (unpaired) electrons. The van der Waals surface area contributed by atoms with E-state index in [2.05, 4.69) is 4.72 Å². The Morgan fingerprint density at radius 3 is 2.39 bits per heavy atom. The van der Waals surface area contributed by atoms with Crippen molar-refractivity contribution in [1.82, 2.24) is 4.72 Å². The minimum absolute atomic E-state index is 0.0643. The van der Waals surface area contributed by atoms with Crippen LogP contribution >= 0.6 is 0 Å². The zero-order valence-corrected chi connectivity index (χ0v) is 17.8. The summed E-state index contributed by atoms with van der Waals surface area (Å²) in [4.78, 5) is 22.7. The van der Waals surface area contributed by atoms with E-state index in [0.717, 1.165) is 0 Å². The van der Waals surface area contributed by atoms with Crippen LogP contribution in [0.1, 0.15) is 19.4 Å². The van der Waals surface area contributed by atoms with Crippen LogP contribution < -0.4 is 14.2 Å². The fraction of sp³-hybridized carbons (Fsp3) is 0.350. The number of esters is 1. The number of carbonyl (C=O) groups excluding carboxylic acids is 1. The molecule has 0 amide bonds. The summed E-state index contributed by atoms with van der Waals surface area (Å²) in [5.41, 5.74) is 0.457. The van der Waals surface area contributed by atoms with Crippen LogP contribution in [0.25, 0.3) is 0 Å². The Morgan fingerprint density at radius 2 is 1.77 bits per heavy atom. The summed E-state index contributed by atoms with van der Waals surface area (Å²) < 4.78 is 44.1. The lowest BCUT2D eigenvalue weighted by Crippen LogP contribution is -2.45. The van der Waals surface area contributed by atoms with Crippen molar-refractivity contribution >= 4 is 21.7 Å². The highest BCUT2D eigenvalue weighted by Gasteiger charge is 2.30. The first-order valence-electron chi connectivity index (χ1n) is 9.49. The minimum Gasteiger partial charge on any atom is -0.486 e. The Bertz CT molecular complexity index is 1070. The van der Waals surface area contributed by atoms with Crippen molar-refractivity contribution in [3.8, 4) is 11.5 Å². The number of nitrogens with one attached hydrogen (secondary N) is 1. The highest BCUT2D eigenvalue weighted by atomic mass is 32.2. The average molecular weight is 450 g/mol. The number of hydrogen-bond acceptors (Lipinski definition) is 8. The molecule has 0 aromatic heterocycles. The maximum atomic E-state index is 12.8. The number of sulfonamides is 1. The molecule has 1 aliphatic heterocycles. The molecule has 0 saturated carbocycles. The minimum atomic E-state index is -4.04. The molecule has 0 fully saturated rings. The molecule has 1 heterocycles. The average Bonchev–Trinajstić information content (AvgIpc) is 2.75. The molecule has 0 bridgehead atoms. The molecule has 11 heteroatoms. The number of ether oxygens (including phenoxy) is 3. The van der Waals surface area contributed by atoms with Gasteiger partial charge in [-0.2, -0.15) is 4.72 Å². The summed E-state index contributed by atoms with van der Waals surface area (Å²) in [5, 5.41) is 10.7. The summed E-state index contributed by atoms with van der Waals surface area (Å²) in [6, 6.07) is 8.62. The molecule has 2 aromatic rings. The first kappa shape index (κ1) is 22.5. The van der Waals surface area contributed by atoms with Crippen LogP contribution in [0.5, 0.6) is 11.5 Å². The smallest absolute Gasteiger partial charge is 0.324 e. The zero-order valence-electron chi connectivity index (χ0n) is 16.9. The summed E-state index contributed by atoms with van der Waals surface area (Å²) in [6.07, 6.45) is 0. The Labute approximate surface area is 179 Å². The maximum absolute atomic E-state index is 12.8. The van der Waals surface area contributed by atoms with Crippen molar-refractivity contribution in [1.29, 1.82) is 0 Å². The molecule has 10 nitrogen and oxygen atoms in total. The second-order valence-corrected chi connectivity index (χ2v) is 8.89. The van der Waals surface area contributed by atoms with Gasteiger partial charge in [0.25, 0.3) is 5.69 Å². The number of fused-ring (bicyclic) bond motifs is 1. The van der Waals surface area contributed by atoms with Crippen LogP contribution in [0, 0.1) is 16.0 Å². The largest absolute Gasteiger partial charge is 0.486 e. The Kier molecular flexibility index (Phi) is 6.76. The van der Waals surface area contributed by atoms with Gasteiger partial charge >= 0.3 is 5.97 Å². The fourth-order valence-electron chi connectivity index (χ4n) is 2.84. The third-order valence-electron chi connectivity index (χ3n) is 4.55. The zero-order chi connectivity index (χ0) is 22.6. The predicted octanol–water partition coefficient (Wildman–Crippen LogP) is 2.41. The predicted molar refractivity (Wildman–Crippen MR) is 109 cm³/mol. The van der Waals surface area contributed by atoms with E-state index in [9.17, 15) is 23.3 Å². The normalized spacial score (nSPS) is 14.2. The quantitative estimate of drug-likeness (QED) is 0.368. The van der Waals surface area contributed by atoms with Crippen LogP contribution in [0.2, 0.25) is 0 Å². The summed E-state index contributed by atoms with van der Waals surface area (Å²) >= 11 is 0. The fourth-order valence-corrected chi connectivity index (χ4v) is 4.19. The third-order valence-corrected chi connectivity index (χ3v) is 5.99. The topological polar surface area (TPSA) is 134 Å². The lowest BCUT2D eigenvalue weighted by molar-refractivity contribution is -0.384. The maximum Gasteiger partial charge on any atom is 0.324 e. The van der Waals surface area contributed by atoms with E-state index in [0.29, 0.717) is 30.3 Å². The Hall–Kier alpha value is -3.18. The Morgan fingerprint density at radius 1 is 1.13 bits per heavy atom. The Balaban J connectivity index is 1.69. The van der Waals surface area contributed by atoms with Gasteiger partial charge in [-0.3, -0.25) is 14.9 Å². The van der Waals surface area contributed by atoms with Gasteiger partial charge in [0.2, 0.25) is 10.0 Å². The molecule has 0 unspecified atom stereocenters. The summed E-state index contributed by atoms with van der Waals surface area (Å²) in [5.74, 6) is -0.380. The lowest BCUT2D eigenvalue weighted by atomic mass is 10.1. The summed E-state index contributed by atoms with van der Waals surface area (Å²) in [6.45, 7) is 3.92. The van der Waals surface area contributed by atoms with Gasteiger partial charge in [0, 0.05) is 18.2 Å². The molecule has 1 atom stereocenters. The second kappa shape index (κ2) is 9.31. The van der Waals surface area contributed by atoms with Crippen LogP contribution in [0.4, 0.5) is 5.69 Å². The monoisotopic (exact) mass is 450 g/mol. The van der Waals surface area contributed by atoms with Crippen molar-refractivity contribution in [2.45, 2.75) is 31.4 Å². The van der Waals surface area contributed by atoms with Crippen molar-refractivity contribution in [3.63, 3.8) is 0 Å². The number of hydrogen-bond donors (Lipinski definition) is 1. The van der Waals surface area contributed by atoms with Crippen LogP contribution in [0.3, 0.4) is 0 Å². The number of nitro benzene ring substituents is 1. The standard InChI is InChI=1S/C20H22N2O8S/c1-13(2)19(20(23)30-12-14-3-5-15(6-4-14)22(24)25)21-31(26,27)16-7-8-17-18(11-16)29-10-9-28-17/h3-8,11,13,19,21H,9-10,12H2,1-2H3/t19-/m0/s1. The lowest BCUT2D eigenvalue weighted by Gasteiger charge is -2.22. The van der Waals surface area contributed by atoms with E-state index in [1.54, 1.807) is 13.8 Å². The molecule has 0 saturated heterocycles. The van der Waals surface area contributed by atoms with E-state index in [1.165, 1.54) is 42.5 Å². The van der Waals surface area contributed by atoms with E-state index < -0.39 is 32.9 Å². The number of carbonyl (C=O) groups is 1. The molecular weight excluding hydrogens is 428 g/mol. The van der Waals surface area contributed by atoms with Crippen molar-refractivity contribution in [2.24, 2.45) is 5.92 Å². The first-order chi connectivity index (χ1) is 14.7. The van der Waals surface area contributed by atoms with Crippen molar-refractivity contribution in [2.75, 3.05) is 13.2 Å². The van der Waals surface area contributed by atoms with Gasteiger partial charge in [0.1, 0.15) is 25.9 Å². The number of non-ortho nitro benzene ring substituents is 1. The van der Waals surface area contributed by atoms with Gasteiger partial charge in [0.15, 0.2) is 11.5 Å². The molecule has 166 valence electrons. The molecule has 0 aliphatic carbocycles. The van der Waals surface area contributed by atoms with E-state index in [4.69, 9.17) is 14.2 Å². The third kappa shape index (κ3) is 5.50. The van der Waals surface area contributed by atoms with Gasteiger partial charge in [-0.15, -0.1) is 0 Å². The van der Waals surface area contributed by atoms with Gasteiger partial charge in [-0.1, -0.05) is 13.8 Å². The molecule has 2 aromatic carbocycles. The van der Waals surface area contributed by atoms with Crippen molar-refractivity contribution in [3.05, 3.63) is 58.1 Å². The molecule has 1 N–H and O–H groups in total. The number of benzene rings is 2. The second-order valence-electron chi connectivity index (χ2n) is 7.18. The van der Waals surface area contributed by atoms with Gasteiger partial charge in [0.05, 0.1) is 9.82 Å². The SMILES string of the molecule is CC(C)[C@H](NS(=O)(=O)c1ccc2c(c1)OCCO2)C(=O)OCc1ccc([N+](=O)[O-])cc1. The van der Waals surface area contributed by atoms with Gasteiger partial charge in [-0.05, 0) is 35.7 Å². The van der Waals surface area contributed by atoms with Crippen LogP contribution in [-0.2, 0) is 26.2 Å². The highest BCUT2D eigenvalue weighted by molar-refractivity contribution is 7.89. The number of rotatable bonds is 8. The van der Waals surface area contributed by atoms with Gasteiger partial charge in [-0.25, -0.2) is 8.42 Å². The number of nitrogens with zero attached hydrogens (tertiary/aromatic N) is 1. The van der Waals surface area contributed by atoms with Crippen LogP contribution in [0.15, 0.2) is 47.4 Å². The van der Waals surface area contributed by atoms with Gasteiger partial charge < -0.3 is 14.2 Å². The first-order valence-corrected chi connectivity index (χ1v) is 11.0. The number of nitro groups is 1.